The van der Waals surface area contributed by atoms with E-state index in [1.807, 2.05) is 24.3 Å². The van der Waals surface area contributed by atoms with Gasteiger partial charge in [-0.25, -0.2) is 4.79 Å². The van der Waals surface area contributed by atoms with Crippen LogP contribution in [0.25, 0.3) is 0 Å². The Bertz CT molecular complexity index is 691. The number of phenolic OH excluding ortho intramolecular Hbond substituents is 1. The topological polar surface area (TPSA) is 65.0 Å². The molecule has 0 radical (unpaired) electrons. The Kier molecular flexibility index (Phi) is 3.87. The van der Waals surface area contributed by atoms with Gasteiger partial charge in [-0.05, 0) is 17.5 Å². The lowest BCUT2D eigenvalue weighted by molar-refractivity contribution is 0.0469. The monoisotopic (exact) mass is 300 g/mol. The van der Waals surface area contributed by atoms with Crippen molar-refractivity contribution in [1.82, 2.24) is 0 Å². The zero-order chi connectivity index (χ0) is 15.5. The number of aryl methyl sites for hydroxylation is 1. The highest BCUT2D eigenvalue weighted by Crippen LogP contribution is 2.37. The number of aromatic hydroxyl groups is 1. The van der Waals surface area contributed by atoms with E-state index < -0.39 is 5.97 Å². The molecule has 0 amide bonds. The molecule has 1 aliphatic rings. The van der Waals surface area contributed by atoms with Gasteiger partial charge in [0.15, 0.2) is 11.5 Å². The van der Waals surface area contributed by atoms with Gasteiger partial charge in [0, 0.05) is 12.1 Å². The number of fused-ring (bicyclic) bond motifs is 1. The average molecular weight is 300 g/mol. The molecule has 0 fully saturated rings. The van der Waals surface area contributed by atoms with Crippen LogP contribution in [0.5, 0.6) is 17.2 Å². The lowest BCUT2D eigenvalue weighted by atomic mass is 10.1. The minimum Gasteiger partial charge on any atom is -0.507 e. The molecule has 1 aliphatic heterocycles. The number of rotatable bonds is 4. The van der Waals surface area contributed by atoms with Crippen LogP contribution in [-0.2, 0) is 17.8 Å². The third-order valence-corrected chi connectivity index (χ3v) is 3.51. The molecule has 0 saturated heterocycles. The van der Waals surface area contributed by atoms with Gasteiger partial charge in [-0.3, -0.25) is 0 Å². The van der Waals surface area contributed by atoms with E-state index in [1.165, 1.54) is 17.7 Å². The van der Waals surface area contributed by atoms with Crippen molar-refractivity contribution in [3.8, 4) is 17.2 Å². The lowest BCUT2D eigenvalue weighted by Crippen LogP contribution is -2.05. The lowest BCUT2D eigenvalue weighted by Gasteiger charge is -2.08. The van der Waals surface area contributed by atoms with Crippen LogP contribution in [0.1, 0.15) is 28.4 Å². The van der Waals surface area contributed by atoms with Gasteiger partial charge in [-0.2, -0.15) is 0 Å². The normalized spacial score (nSPS) is 12.2. The van der Waals surface area contributed by atoms with E-state index in [1.54, 1.807) is 0 Å². The van der Waals surface area contributed by atoms with E-state index >= 15 is 0 Å². The summed E-state index contributed by atoms with van der Waals surface area (Å²) in [5, 5.41) is 9.87. The number of hydrogen-bond acceptors (Lipinski definition) is 5. The summed E-state index contributed by atoms with van der Waals surface area (Å²) >= 11 is 0. The first-order valence-electron chi connectivity index (χ1n) is 7.05. The van der Waals surface area contributed by atoms with Crippen molar-refractivity contribution in [3.63, 3.8) is 0 Å². The molecule has 0 spiro atoms. The van der Waals surface area contributed by atoms with Gasteiger partial charge in [-0.15, -0.1) is 0 Å². The summed E-state index contributed by atoms with van der Waals surface area (Å²) in [6, 6.07) is 10.6. The number of phenols is 1. The third kappa shape index (κ3) is 2.83. The van der Waals surface area contributed by atoms with Crippen molar-refractivity contribution < 1.29 is 24.1 Å². The van der Waals surface area contributed by atoms with Gasteiger partial charge in [-0.1, -0.05) is 31.2 Å². The Balaban J connectivity index is 1.69. The molecule has 1 N–H and O–H groups in total. The molecule has 0 aromatic heterocycles. The van der Waals surface area contributed by atoms with Crippen molar-refractivity contribution in [2.24, 2.45) is 0 Å². The Morgan fingerprint density at radius 1 is 1.14 bits per heavy atom. The van der Waals surface area contributed by atoms with Gasteiger partial charge in [0.1, 0.15) is 17.9 Å². The summed E-state index contributed by atoms with van der Waals surface area (Å²) < 4.78 is 15.6. The van der Waals surface area contributed by atoms with Crippen LogP contribution in [0, 0.1) is 0 Å². The van der Waals surface area contributed by atoms with E-state index in [0.29, 0.717) is 11.5 Å². The SMILES string of the molecule is CCc1ccc(COC(=O)c2cc3c(cc2O)OCO3)cc1. The van der Waals surface area contributed by atoms with Gasteiger partial charge < -0.3 is 19.3 Å². The summed E-state index contributed by atoms with van der Waals surface area (Å²) in [5.41, 5.74) is 2.18. The molecule has 22 heavy (non-hydrogen) atoms. The molecule has 5 heteroatoms. The van der Waals surface area contributed by atoms with Crippen LogP contribution < -0.4 is 9.47 Å². The average Bonchev–Trinajstić information content (AvgIpc) is 2.99. The molecule has 0 atom stereocenters. The second-order valence-electron chi connectivity index (χ2n) is 4.97. The minimum atomic E-state index is -0.602. The summed E-state index contributed by atoms with van der Waals surface area (Å²) in [6.07, 6.45) is 0.963. The fourth-order valence-electron chi connectivity index (χ4n) is 2.19. The van der Waals surface area contributed by atoms with E-state index in [0.717, 1.165) is 12.0 Å². The largest absolute Gasteiger partial charge is 0.507 e. The molecule has 5 nitrogen and oxygen atoms in total. The van der Waals surface area contributed by atoms with Crippen molar-refractivity contribution >= 4 is 5.97 Å². The van der Waals surface area contributed by atoms with Crippen LogP contribution in [0.2, 0.25) is 0 Å². The standard InChI is InChI=1S/C17H16O5/c1-2-11-3-5-12(6-4-11)9-20-17(19)13-7-15-16(8-14(13)18)22-10-21-15/h3-8,18H,2,9-10H2,1H3. The van der Waals surface area contributed by atoms with E-state index in [9.17, 15) is 9.90 Å². The number of hydrogen-bond donors (Lipinski definition) is 1. The molecular weight excluding hydrogens is 284 g/mol. The van der Waals surface area contributed by atoms with Crippen LogP contribution in [0.4, 0.5) is 0 Å². The van der Waals surface area contributed by atoms with Crippen LogP contribution in [0.3, 0.4) is 0 Å². The van der Waals surface area contributed by atoms with Crippen molar-refractivity contribution in [3.05, 3.63) is 53.1 Å². The van der Waals surface area contributed by atoms with Crippen molar-refractivity contribution in [2.45, 2.75) is 20.0 Å². The molecule has 0 bridgehead atoms. The summed E-state index contributed by atoms with van der Waals surface area (Å²) in [4.78, 5) is 12.1. The Morgan fingerprint density at radius 2 is 1.77 bits per heavy atom. The van der Waals surface area contributed by atoms with Crippen molar-refractivity contribution in [2.75, 3.05) is 6.79 Å². The summed E-state index contributed by atoms with van der Waals surface area (Å²) in [7, 11) is 0. The highest BCUT2D eigenvalue weighted by molar-refractivity contribution is 5.93. The van der Waals surface area contributed by atoms with Gasteiger partial charge in [0.25, 0.3) is 0 Å². The van der Waals surface area contributed by atoms with Gasteiger partial charge >= 0.3 is 5.97 Å². The molecule has 3 rings (SSSR count). The maximum Gasteiger partial charge on any atom is 0.342 e. The zero-order valence-electron chi connectivity index (χ0n) is 12.2. The molecule has 0 saturated carbocycles. The Labute approximate surface area is 128 Å². The molecule has 114 valence electrons. The van der Waals surface area contributed by atoms with E-state index in [-0.39, 0.29) is 24.7 Å². The van der Waals surface area contributed by atoms with Gasteiger partial charge in [0.05, 0.1) is 0 Å². The second kappa shape index (κ2) is 5.97. The predicted octanol–water partition coefficient (Wildman–Crippen LogP) is 3.04. The predicted molar refractivity (Wildman–Crippen MR) is 79.2 cm³/mol. The number of carbonyl (C=O) groups is 1. The van der Waals surface area contributed by atoms with Crippen LogP contribution >= 0.6 is 0 Å². The summed E-state index contributed by atoms with van der Waals surface area (Å²) in [6.45, 7) is 2.31. The van der Waals surface area contributed by atoms with Crippen molar-refractivity contribution in [1.29, 1.82) is 0 Å². The molecule has 2 aromatic rings. The number of esters is 1. The fourth-order valence-corrected chi connectivity index (χ4v) is 2.19. The summed E-state index contributed by atoms with van der Waals surface area (Å²) in [5.74, 6) is 0.0622. The molecule has 1 heterocycles. The molecule has 0 unspecified atom stereocenters. The fraction of sp³-hybridized carbons (Fsp3) is 0.235. The molecule has 0 aliphatic carbocycles. The zero-order valence-corrected chi connectivity index (χ0v) is 12.2. The van der Waals surface area contributed by atoms with Crippen LogP contribution in [0.15, 0.2) is 36.4 Å². The maximum absolute atomic E-state index is 12.1. The van der Waals surface area contributed by atoms with E-state index in [2.05, 4.69) is 6.92 Å². The smallest absolute Gasteiger partial charge is 0.342 e. The Hall–Kier alpha value is -2.69. The maximum atomic E-state index is 12.1. The minimum absolute atomic E-state index is 0.0643. The highest BCUT2D eigenvalue weighted by atomic mass is 16.7. The molecule has 2 aromatic carbocycles. The van der Waals surface area contributed by atoms with E-state index in [4.69, 9.17) is 14.2 Å². The highest BCUT2D eigenvalue weighted by Gasteiger charge is 2.21. The van der Waals surface area contributed by atoms with Gasteiger partial charge in [0.2, 0.25) is 6.79 Å². The number of carbonyl (C=O) groups excluding carboxylic acids is 1. The first kappa shape index (κ1) is 14.3. The first-order chi connectivity index (χ1) is 10.7. The first-order valence-corrected chi connectivity index (χ1v) is 7.05. The quantitative estimate of drug-likeness (QED) is 0.879. The second-order valence-corrected chi connectivity index (χ2v) is 4.97. The third-order valence-electron chi connectivity index (χ3n) is 3.51. The Morgan fingerprint density at radius 3 is 2.45 bits per heavy atom. The number of benzene rings is 2. The number of ether oxygens (including phenoxy) is 3. The van der Waals surface area contributed by atoms with Crippen LogP contribution in [-0.4, -0.2) is 17.9 Å². The molecular formula is C17H16O5.